The Morgan fingerprint density at radius 3 is 2.55 bits per heavy atom. The number of hydrogen-bond acceptors (Lipinski definition) is 7. The standard InChI is InChI=1S/C27H26BrClN4O4S/c1-4-36-24-14-20(13-23(28)26(24)37-16-19-6-5-7-21(29)12-19)25(15-32(34)35)38-27-31-30-18(3)33(27)22-10-8-17(2)9-11-22/h5-14,25H,4,15-16H2,1-3H3/t25-/m1/s1. The van der Waals surface area contributed by atoms with Crippen LogP contribution in [0.2, 0.25) is 5.02 Å². The number of ether oxygens (including phenoxy) is 2. The van der Waals surface area contributed by atoms with E-state index in [1.54, 1.807) is 12.1 Å². The number of thioether (sulfide) groups is 1. The van der Waals surface area contributed by atoms with Crippen LogP contribution in [0.4, 0.5) is 0 Å². The summed E-state index contributed by atoms with van der Waals surface area (Å²) in [4.78, 5) is 11.4. The molecule has 0 N–H and O–H groups in total. The van der Waals surface area contributed by atoms with Crippen LogP contribution in [0, 0.1) is 24.0 Å². The smallest absolute Gasteiger partial charge is 0.220 e. The number of aromatic nitrogens is 3. The van der Waals surface area contributed by atoms with E-state index in [1.165, 1.54) is 11.8 Å². The highest BCUT2D eigenvalue weighted by Crippen LogP contribution is 2.43. The molecule has 1 atom stereocenters. The molecule has 0 amide bonds. The van der Waals surface area contributed by atoms with Gasteiger partial charge in [-0.2, -0.15) is 0 Å². The Hall–Kier alpha value is -3.08. The Kier molecular flexibility index (Phi) is 9.30. The van der Waals surface area contributed by atoms with Crippen molar-refractivity contribution >= 4 is 39.3 Å². The second kappa shape index (κ2) is 12.6. The largest absolute Gasteiger partial charge is 0.490 e. The Balaban J connectivity index is 1.67. The Morgan fingerprint density at radius 2 is 1.87 bits per heavy atom. The second-order valence-electron chi connectivity index (χ2n) is 8.50. The molecule has 1 aromatic heterocycles. The average Bonchev–Trinajstić information content (AvgIpc) is 3.23. The van der Waals surface area contributed by atoms with E-state index >= 15 is 0 Å². The minimum absolute atomic E-state index is 0.282. The number of nitro groups is 1. The molecule has 4 aromatic rings. The molecule has 0 aliphatic rings. The number of rotatable bonds is 11. The molecule has 3 aromatic carbocycles. The molecule has 0 radical (unpaired) electrons. The second-order valence-corrected chi connectivity index (χ2v) is 11.0. The van der Waals surface area contributed by atoms with Crippen molar-refractivity contribution < 1.29 is 14.4 Å². The van der Waals surface area contributed by atoms with E-state index in [2.05, 4.69) is 26.1 Å². The van der Waals surface area contributed by atoms with E-state index in [-0.39, 0.29) is 18.1 Å². The molecule has 4 rings (SSSR count). The third-order valence-corrected chi connectivity index (χ3v) is 7.63. The van der Waals surface area contributed by atoms with Gasteiger partial charge in [0.15, 0.2) is 16.7 Å². The van der Waals surface area contributed by atoms with E-state index in [0.29, 0.717) is 44.1 Å². The van der Waals surface area contributed by atoms with E-state index in [1.807, 2.05) is 73.9 Å². The first-order valence-electron chi connectivity index (χ1n) is 11.9. The topological polar surface area (TPSA) is 92.3 Å². The molecule has 198 valence electrons. The monoisotopic (exact) mass is 616 g/mol. The predicted molar refractivity (Wildman–Crippen MR) is 152 cm³/mol. The fourth-order valence-electron chi connectivity index (χ4n) is 3.84. The van der Waals surface area contributed by atoms with Crippen LogP contribution in [0.1, 0.15) is 34.7 Å². The molecule has 0 saturated heterocycles. The van der Waals surface area contributed by atoms with Crippen molar-refractivity contribution in [2.45, 2.75) is 37.8 Å². The lowest BCUT2D eigenvalue weighted by Crippen LogP contribution is -2.12. The van der Waals surface area contributed by atoms with Crippen LogP contribution in [-0.4, -0.2) is 32.8 Å². The first-order valence-corrected chi connectivity index (χ1v) is 13.9. The summed E-state index contributed by atoms with van der Waals surface area (Å²) in [6, 6.07) is 19.0. The molecule has 8 nitrogen and oxygen atoms in total. The summed E-state index contributed by atoms with van der Waals surface area (Å²) >= 11 is 11.0. The highest BCUT2D eigenvalue weighted by atomic mass is 79.9. The van der Waals surface area contributed by atoms with Gasteiger partial charge in [-0.05, 0) is 84.2 Å². The molecule has 0 bridgehead atoms. The number of nitrogens with zero attached hydrogens (tertiary/aromatic N) is 4. The molecular formula is C27H26BrClN4O4S. The lowest BCUT2D eigenvalue weighted by molar-refractivity contribution is -0.479. The highest BCUT2D eigenvalue weighted by Gasteiger charge is 2.26. The zero-order chi connectivity index (χ0) is 27.2. The lowest BCUT2D eigenvalue weighted by atomic mass is 10.1. The minimum atomic E-state index is -0.560. The van der Waals surface area contributed by atoms with Gasteiger partial charge in [0.2, 0.25) is 6.54 Å². The molecule has 1 heterocycles. The number of benzene rings is 3. The van der Waals surface area contributed by atoms with Gasteiger partial charge in [0, 0.05) is 15.6 Å². The summed E-state index contributed by atoms with van der Waals surface area (Å²) in [5, 5.41) is 20.9. The minimum Gasteiger partial charge on any atom is -0.490 e. The van der Waals surface area contributed by atoms with Gasteiger partial charge in [-0.3, -0.25) is 14.7 Å². The van der Waals surface area contributed by atoms with Gasteiger partial charge in [0.1, 0.15) is 17.7 Å². The molecule has 0 fully saturated rings. The quantitative estimate of drug-likeness (QED) is 0.0984. The van der Waals surface area contributed by atoms with Crippen molar-refractivity contribution in [2.75, 3.05) is 13.2 Å². The average molecular weight is 618 g/mol. The van der Waals surface area contributed by atoms with Crippen molar-refractivity contribution in [3.05, 3.63) is 103 Å². The van der Waals surface area contributed by atoms with Gasteiger partial charge in [0.25, 0.3) is 0 Å². The molecule has 0 aliphatic carbocycles. The van der Waals surface area contributed by atoms with Crippen molar-refractivity contribution in [1.29, 1.82) is 0 Å². The fourth-order valence-corrected chi connectivity index (χ4v) is 5.78. The Morgan fingerprint density at radius 1 is 1.11 bits per heavy atom. The van der Waals surface area contributed by atoms with Crippen molar-refractivity contribution in [2.24, 2.45) is 0 Å². The van der Waals surface area contributed by atoms with Crippen molar-refractivity contribution in [3.63, 3.8) is 0 Å². The fraction of sp³-hybridized carbons (Fsp3) is 0.259. The molecule has 38 heavy (non-hydrogen) atoms. The van der Waals surface area contributed by atoms with Crippen LogP contribution in [0.25, 0.3) is 5.69 Å². The van der Waals surface area contributed by atoms with Crippen molar-refractivity contribution in [3.8, 4) is 17.2 Å². The van der Waals surface area contributed by atoms with Crippen LogP contribution in [-0.2, 0) is 6.61 Å². The van der Waals surface area contributed by atoms with Crippen LogP contribution in [0.15, 0.2) is 70.3 Å². The van der Waals surface area contributed by atoms with Crippen molar-refractivity contribution in [1.82, 2.24) is 14.8 Å². The van der Waals surface area contributed by atoms with Crippen LogP contribution in [0.5, 0.6) is 11.5 Å². The summed E-state index contributed by atoms with van der Waals surface area (Å²) in [6.45, 7) is 6.11. The van der Waals surface area contributed by atoms with Gasteiger partial charge in [-0.15, -0.1) is 10.2 Å². The predicted octanol–water partition coefficient (Wildman–Crippen LogP) is 7.39. The summed E-state index contributed by atoms with van der Waals surface area (Å²) in [7, 11) is 0. The zero-order valence-corrected chi connectivity index (χ0v) is 24.2. The van der Waals surface area contributed by atoms with Gasteiger partial charge in [0.05, 0.1) is 11.1 Å². The van der Waals surface area contributed by atoms with E-state index in [4.69, 9.17) is 21.1 Å². The molecule has 0 unspecified atom stereocenters. The Bertz CT molecular complexity index is 1430. The summed E-state index contributed by atoms with van der Waals surface area (Å²) in [6.07, 6.45) is 0. The van der Waals surface area contributed by atoms with E-state index < -0.39 is 5.25 Å². The molecule has 0 aliphatic heterocycles. The SMILES string of the molecule is CCOc1cc([C@@H](C[N+](=O)[O-])Sc2nnc(C)n2-c2ccc(C)cc2)cc(Br)c1OCc1cccc(Cl)c1. The first kappa shape index (κ1) is 27.9. The highest BCUT2D eigenvalue weighted by molar-refractivity contribution is 9.10. The molecule has 0 spiro atoms. The normalized spacial score (nSPS) is 11.8. The maximum Gasteiger partial charge on any atom is 0.220 e. The van der Waals surface area contributed by atoms with Gasteiger partial charge in [-0.25, -0.2) is 0 Å². The molecular weight excluding hydrogens is 592 g/mol. The number of hydrogen-bond donors (Lipinski definition) is 0. The maximum absolute atomic E-state index is 11.7. The van der Waals surface area contributed by atoms with E-state index in [9.17, 15) is 10.1 Å². The lowest BCUT2D eigenvalue weighted by Gasteiger charge is -2.19. The third-order valence-electron chi connectivity index (χ3n) is 5.63. The van der Waals surface area contributed by atoms with E-state index in [0.717, 1.165) is 16.8 Å². The zero-order valence-electron chi connectivity index (χ0n) is 21.1. The first-order chi connectivity index (χ1) is 18.2. The van der Waals surface area contributed by atoms with Gasteiger partial charge < -0.3 is 9.47 Å². The number of aryl methyl sites for hydroxylation is 2. The van der Waals surface area contributed by atoms with Gasteiger partial charge in [-0.1, -0.05) is 53.2 Å². The van der Waals surface area contributed by atoms with Crippen LogP contribution in [0.3, 0.4) is 0 Å². The summed E-state index contributed by atoms with van der Waals surface area (Å²) in [5.74, 6) is 1.69. The summed E-state index contributed by atoms with van der Waals surface area (Å²) < 4.78 is 14.5. The number of halogens is 2. The van der Waals surface area contributed by atoms with Gasteiger partial charge >= 0.3 is 0 Å². The molecule has 11 heteroatoms. The molecule has 0 saturated carbocycles. The maximum atomic E-state index is 11.7. The van der Waals surface area contributed by atoms with Crippen LogP contribution >= 0.6 is 39.3 Å². The Labute approximate surface area is 238 Å². The summed E-state index contributed by atoms with van der Waals surface area (Å²) in [5.41, 5.74) is 3.63. The third kappa shape index (κ3) is 6.86. The van der Waals surface area contributed by atoms with Crippen LogP contribution < -0.4 is 9.47 Å².